The first kappa shape index (κ1) is 22.4. The number of rotatable bonds is 7. The molecule has 1 aliphatic rings. The van der Waals surface area contributed by atoms with Gasteiger partial charge in [-0.3, -0.25) is 14.5 Å². The van der Waals surface area contributed by atoms with E-state index in [0.717, 1.165) is 28.0 Å². The maximum atomic E-state index is 13.6. The van der Waals surface area contributed by atoms with Gasteiger partial charge in [-0.25, -0.2) is 9.67 Å². The van der Waals surface area contributed by atoms with Gasteiger partial charge in [-0.15, -0.1) is 11.3 Å². The van der Waals surface area contributed by atoms with Gasteiger partial charge in [0.2, 0.25) is 5.91 Å². The highest BCUT2D eigenvalue weighted by Crippen LogP contribution is 2.29. The summed E-state index contributed by atoms with van der Waals surface area (Å²) in [5.74, 6) is 0.0396. The van der Waals surface area contributed by atoms with E-state index in [1.165, 1.54) is 0 Å². The Bertz CT molecular complexity index is 1080. The minimum atomic E-state index is -0.00593. The van der Waals surface area contributed by atoms with Crippen LogP contribution < -0.4 is 5.32 Å². The minimum Gasteiger partial charge on any atom is -0.355 e. The number of nitrogens with one attached hydrogen (secondary N) is 1. The molecule has 3 aromatic rings. The van der Waals surface area contributed by atoms with Crippen molar-refractivity contribution in [1.82, 2.24) is 29.9 Å². The molecule has 170 valence electrons. The maximum Gasteiger partial charge on any atom is 0.254 e. The summed E-state index contributed by atoms with van der Waals surface area (Å²) in [6.45, 7) is 9.79. The van der Waals surface area contributed by atoms with Gasteiger partial charge in [0, 0.05) is 38.8 Å². The van der Waals surface area contributed by atoms with Gasteiger partial charge in [0.1, 0.15) is 0 Å². The average Bonchev–Trinajstić information content (AvgIpc) is 3.47. The van der Waals surface area contributed by atoms with E-state index in [9.17, 15) is 9.59 Å². The third-order valence-corrected chi connectivity index (χ3v) is 6.55. The number of thiophene rings is 1. The highest BCUT2D eigenvalue weighted by Gasteiger charge is 2.26. The van der Waals surface area contributed by atoms with Crippen molar-refractivity contribution >= 4 is 34.2 Å². The number of amides is 2. The predicted molar refractivity (Wildman–Crippen MR) is 127 cm³/mol. The summed E-state index contributed by atoms with van der Waals surface area (Å²) in [4.78, 5) is 35.4. The van der Waals surface area contributed by atoms with Gasteiger partial charge in [0.15, 0.2) is 5.65 Å². The second-order valence-corrected chi connectivity index (χ2v) is 9.32. The molecule has 0 aliphatic carbocycles. The highest BCUT2D eigenvalue weighted by molar-refractivity contribution is 7.13. The van der Waals surface area contributed by atoms with Crippen molar-refractivity contribution in [1.29, 1.82) is 0 Å². The zero-order chi connectivity index (χ0) is 22.7. The summed E-state index contributed by atoms with van der Waals surface area (Å²) in [5, 5.41) is 10.2. The Balaban J connectivity index is 1.55. The quantitative estimate of drug-likeness (QED) is 0.593. The van der Waals surface area contributed by atoms with Crippen molar-refractivity contribution in [3.63, 3.8) is 0 Å². The number of carbonyl (C=O) groups excluding carboxylic acids is 2. The Hall–Kier alpha value is -2.78. The molecule has 0 spiro atoms. The zero-order valence-electron chi connectivity index (χ0n) is 18.9. The van der Waals surface area contributed by atoms with E-state index in [0.29, 0.717) is 44.8 Å². The Kier molecular flexibility index (Phi) is 6.86. The van der Waals surface area contributed by atoms with E-state index >= 15 is 0 Å². The number of carbonyl (C=O) groups is 2. The van der Waals surface area contributed by atoms with E-state index in [1.54, 1.807) is 17.5 Å². The molecule has 2 amide bonds. The van der Waals surface area contributed by atoms with Crippen molar-refractivity contribution < 1.29 is 9.59 Å². The summed E-state index contributed by atoms with van der Waals surface area (Å²) < 4.78 is 1.87. The second-order valence-electron chi connectivity index (χ2n) is 8.37. The molecule has 4 rings (SSSR count). The molecule has 0 radical (unpaired) electrons. The van der Waals surface area contributed by atoms with Crippen LogP contribution in [-0.2, 0) is 4.79 Å². The Morgan fingerprint density at radius 3 is 2.66 bits per heavy atom. The molecule has 1 N–H and O–H groups in total. The third kappa shape index (κ3) is 4.68. The first-order valence-electron chi connectivity index (χ1n) is 11.2. The van der Waals surface area contributed by atoms with Crippen molar-refractivity contribution in [2.24, 2.45) is 0 Å². The molecule has 8 nitrogen and oxygen atoms in total. The van der Waals surface area contributed by atoms with Gasteiger partial charge in [-0.1, -0.05) is 13.0 Å². The topological polar surface area (TPSA) is 83.4 Å². The number of piperazine rings is 1. The Labute approximate surface area is 192 Å². The van der Waals surface area contributed by atoms with Crippen LogP contribution in [0.3, 0.4) is 0 Å². The fourth-order valence-corrected chi connectivity index (χ4v) is 4.61. The number of fused-ring (bicyclic) bond motifs is 1. The van der Waals surface area contributed by atoms with Gasteiger partial charge in [0.05, 0.1) is 34.3 Å². The number of hydrogen-bond acceptors (Lipinski definition) is 6. The third-order valence-electron chi connectivity index (χ3n) is 5.66. The molecule has 3 aromatic heterocycles. The molecule has 0 aromatic carbocycles. The van der Waals surface area contributed by atoms with E-state index < -0.39 is 0 Å². The normalized spacial score (nSPS) is 14.9. The minimum absolute atomic E-state index is 0.00593. The van der Waals surface area contributed by atoms with E-state index in [-0.39, 0.29) is 17.9 Å². The lowest BCUT2D eigenvalue weighted by Crippen LogP contribution is -2.51. The number of pyridine rings is 1. The highest BCUT2D eigenvalue weighted by atomic mass is 32.1. The van der Waals surface area contributed by atoms with Crippen LogP contribution in [0.2, 0.25) is 0 Å². The lowest BCUT2D eigenvalue weighted by atomic mass is 10.1. The molecule has 1 saturated heterocycles. The van der Waals surface area contributed by atoms with Gasteiger partial charge < -0.3 is 10.2 Å². The molecule has 0 bridgehead atoms. The smallest absolute Gasteiger partial charge is 0.254 e. The summed E-state index contributed by atoms with van der Waals surface area (Å²) >= 11 is 1.61. The standard InChI is InChI=1S/C23H30N6O2S/c1-4-7-24-21(30)15-27-8-10-28(11-9-27)23(31)17-13-19(20-6-5-12-32-20)26-22-18(17)14-25-29(22)16(2)3/h5-6,12-14,16H,4,7-11,15H2,1-3H3,(H,24,30). The van der Waals surface area contributed by atoms with Crippen molar-refractivity contribution in [3.8, 4) is 10.6 Å². The molecule has 0 atom stereocenters. The average molecular weight is 455 g/mol. The molecule has 32 heavy (non-hydrogen) atoms. The fraction of sp³-hybridized carbons (Fsp3) is 0.478. The first-order chi connectivity index (χ1) is 15.5. The summed E-state index contributed by atoms with van der Waals surface area (Å²) in [7, 11) is 0. The van der Waals surface area contributed by atoms with Crippen LogP contribution in [0.15, 0.2) is 29.8 Å². The molecule has 9 heteroatoms. The largest absolute Gasteiger partial charge is 0.355 e. The predicted octanol–water partition coefficient (Wildman–Crippen LogP) is 3.02. The van der Waals surface area contributed by atoms with Crippen LogP contribution in [0, 0.1) is 0 Å². The summed E-state index contributed by atoms with van der Waals surface area (Å²) in [6.07, 6.45) is 2.68. The second kappa shape index (κ2) is 9.79. The lowest BCUT2D eigenvalue weighted by molar-refractivity contribution is -0.122. The van der Waals surface area contributed by atoms with Crippen molar-refractivity contribution in [3.05, 3.63) is 35.3 Å². The van der Waals surface area contributed by atoms with Gasteiger partial charge in [0.25, 0.3) is 5.91 Å². The van der Waals surface area contributed by atoms with Crippen LogP contribution in [0.25, 0.3) is 21.6 Å². The molecule has 4 heterocycles. The van der Waals surface area contributed by atoms with Gasteiger partial charge in [-0.05, 0) is 37.8 Å². The summed E-state index contributed by atoms with van der Waals surface area (Å²) in [6, 6.07) is 6.05. The van der Waals surface area contributed by atoms with Crippen LogP contribution in [-0.4, -0.2) is 75.6 Å². The summed E-state index contributed by atoms with van der Waals surface area (Å²) in [5.41, 5.74) is 2.17. The van der Waals surface area contributed by atoms with Crippen LogP contribution >= 0.6 is 11.3 Å². The SMILES string of the molecule is CCCNC(=O)CN1CCN(C(=O)c2cc(-c3cccs3)nc3c2cnn3C(C)C)CC1. The lowest BCUT2D eigenvalue weighted by Gasteiger charge is -2.34. The van der Waals surface area contributed by atoms with Crippen LogP contribution in [0.1, 0.15) is 43.6 Å². The number of aromatic nitrogens is 3. The molecule has 0 unspecified atom stereocenters. The zero-order valence-corrected chi connectivity index (χ0v) is 19.7. The number of hydrogen-bond donors (Lipinski definition) is 1. The molecular formula is C23H30N6O2S. The van der Waals surface area contributed by atoms with E-state index in [2.05, 4.69) is 29.2 Å². The Morgan fingerprint density at radius 2 is 2.00 bits per heavy atom. The van der Waals surface area contributed by atoms with Crippen molar-refractivity contribution in [2.45, 2.75) is 33.2 Å². The molecular weight excluding hydrogens is 424 g/mol. The van der Waals surface area contributed by atoms with Crippen LogP contribution in [0.5, 0.6) is 0 Å². The maximum absolute atomic E-state index is 13.6. The number of nitrogens with zero attached hydrogens (tertiary/aromatic N) is 5. The first-order valence-corrected chi connectivity index (χ1v) is 12.1. The molecule has 1 fully saturated rings. The fourth-order valence-electron chi connectivity index (χ4n) is 3.93. The van der Waals surface area contributed by atoms with Crippen molar-refractivity contribution in [2.75, 3.05) is 39.3 Å². The van der Waals surface area contributed by atoms with Gasteiger partial charge >= 0.3 is 0 Å². The van der Waals surface area contributed by atoms with E-state index in [1.807, 2.05) is 40.1 Å². The molecule has 1 aliphatic heterocycles. The Morgan fingerprint density at radius 1 is 1.22 bits per heavy atom. The van der Waals surface area contributed by atoms with Crippen LogP contribution in [0.4, 0.5) is 0 Å². The monoisotopic (exact) mass is 454 g/mol. The van der Waals surface area contributed by atoms with E-state index in [4.69, 9.17) is 4.98 Å². The molecule has 0 saturated carbocycles. The van der Waals surface area contributed by atoms with Gasteiger partial charge in [-0.2, -0.15) is 5.10 Å².